The molecule has 14 heteroatoms. The van der Waals surface area contributed by atoms with E-state index in [0.29, 0.717) is 29.3 Å². The predicted molar refractivity (Wildman–Crippen MR) is 136 cm³/mol. The molecule has 0 saturated heterocycles. The van der Waals surface area contributed by atoms with Crippen molar-refractivity contribution in [1.29, 1.82) is 0 Å². The second-order valence-electron chi connectivity index (χ2n) is 8.84. The number of hydrogen-bond donors (Lipinski definition) is 2. The first kappa shape index (κ1) is 27.7. The van der Waals surface area contributed by atoms with Gasteiger partial charge in [-0.05, 0) is 51.6 Å². The maximum Gasteiger partial charge on any atom is 0.272 e. The summed E-state index contributed by atoms with van der Waals surface area (Å²) in [5.74, 6) is -0.0672. The molecule has 10 nitrogen and oxygen atoms in total. The molecule has 3 N–H and O–H groups in total. The first-order chi connectivity index (χ1) is 18.2. The maximum absolute atomic E-state index is 15.0. The van der Waals surface area contributed by atoms with Crippen molar-refractivity contribution in [1.82, 2.24) is 24.7 Å². The summed E-state index contributed by atoms with van der Waals surface area (Å²) >= 11 is -1.48. The summed E-state index contributed by atoms with van der Waals surface area (Å²) in [5, 5.41) is 7.05. The van der Waals surface area contributed by atoms with Gasteiger partial charge in [-0.25, -0.2) is 28.1 Å². The molecule has 4 rings (SSSR count). The number of guanidine groups is 1. The van der Waals surface area contributed by atoms with Crippen LogP contribution in [0.5, 0.6) is 5.88 Å². The van der Waals surface area contributed by atoms with Gasteiger partial charge in [0.25, 0.3) is 6.43 Å². The Morgan fingerprint density at radius 3 is 2.74 bits per heavy atom. The number of halogens is 3. The molecule has 0 spiro atoms. The molecule has 0 bridgehead atoms. The summed E-state index contributed by atoms with van der Waals surface area (Å²) in [4.78, 5) is 12.6. The highest BCUT2D eigenvalue weighted by Gasteiger charge is 2.43. The Kier molecular flexibility index (Phi) is 8.74. The molecule has 1 aromatic carbocycles. The van der Waals surface area contributed by atoms with Crippen LogP contribution in [0.1, 0.15) is 25.3 Å². The molecule has 2 aromatic heterocycles. The van der Waals surface area contributed by atoms with Gasteiger partial charge in [0.1, 0.15) is 22.7 Å². The van der Waals surface area contributed by atoms with Crippen LogP contribution in [-0.2, 0) is 16.9 Å². The van der Waals surface area contributed by atoms with E-state index < -0.39 is 35.8 Å². The van der Waals surface area contributed by atoms with E-state index in [4.69, 9.17) is 15.0 Å². The van der Waals surface area contributed by atoms with Gasteiger partial charge in [-0.15, -0.1) is 0 Å². The van der Waals surface area contributed by atoms with Crippen molar-refractivity contribution >= 4 is 17.3 Å². The molecule has 0 unspecified atom stereocenters. The van der Waals surface area contributed by atoms with Crippen LogP contribution in [-0.4, -0.2) is 68.9 Å². The van der Waals surface area contributed by atoms with Gasteiger partial charge in [0.2, 0.25) is 11.8 Å². The molecule has 3 aromatic rings. The van der Waals surface area contributed by atoms with Crippen LogP contribution in [0.2, 0.25) is 0 Å². The van der Waals surface area contributed by atoms with E-state index in [1.54, 1.807) is 23.4 Å². The molecule has 3 heterocycles. The standard InChI is InChI=1S/C24H28F3N7O3S/c1-24(14-38(35)34(23(28)32-24)8-4-3-7-29-2)16-9-15(5-6-17(16)25)20-10-18(33-37-20)19-11-31-22(12-30-19)36-13-21(26)27/h5-6,9-12,21,29H,3-4,7-8,13-14H2,1-2H3,(H2,28,32)/t24-,38-/m0/s1. The minimum atomic E-state index is -2.62. The molecule has 204 valence electrons. The number of rotatable bonds is 11. The summed E-state index contributed by atoms with van der Waals surface area (Å²) < 4.78 is 64.5. The van der Waals surface area contributed by atoms with Gasteiger partial charge in [0, 0.05) is 17.2 Å². The van der Waals surface area contributed by atoms with Crippen molar-refractivity contribution in [2.24, 2.45) is 10.7 Å². The van der Waals surface area contributed by atoms with Crippen LogP contribution in [0.15, 0.2) is 46.2 Å². The summed E-state index contributed by atoms with van der Waals surface area (Å²) in [6.07, 6.45) is 1.58. The minimum absolute atomic E-state index is 0.0459. The average Bonchev–Trinajstić information content (AvgIpc) is 3.37. The van der Waals surface area contributed by atoms with Crippen LogP contribution in [0.3, 0.4) is 0 Å². The number of aliphatic imine (C=N–C) groups is 1. The maximum atomic E-state index is 15.0. The van der Waals surface area contributed by atoms with Crippen molar-refractivity contribution < 1.29 is 27.0 Å². The van der Waals surface area contributed by atoms with E-state index >= 15 is 4.39 Å². The number of hydrogen-bond acceptors (Lipinski definition) is 10. The van der Waals surface area contributed by atoms with Gasteiger partial charge in [-0.2, -0.15) is 4.31 Å². The Hall–Kier alpha value is -3.36. The molecule has 2 atom stereocenters. The van der Waals surface area contributed by atoms with Gasteiger partial charge in [-0.1, -0.05) is 5.16 Å². The van der Waals surface area contributed by atoms with Crippen LogP contribution >= 0.6 is 0 Å². The van der Waals surface area contributed by atoms with Crippen molar-refractivity contribution in [3.63, 3.8) is 0 Å². The SMILES string of the molecule is CNCCCCN1C(N)=N[C@](C)(c2cc(-c3cc(-c4cnc(OCC(F)F)cn4)no3)ccc2F)C[S@+]1[O-]. The Morgan fingerprint density at radius 1 is 1.24 bits per heavy atom. The van der Waals surface area contributed by atoms with Crippen molar-refractivity contribution in [2.45, 2.75) is 31.7 Å². The molecule has 1 aliphatic heterocycles. The number of benzene rings is 1. The predicted octanol–water partition coefficient (Wildman–Crippen LogP) is 3.09. The molecule has 0 amide bonds. The minimum Gasteiger partial charge on any atom is -0.593 e. The summed E-state index contributed by atoms with van der Waals surface area (Å²) in [7, 11) is 1.87. The van der Waals surface area contributed by atoms with Gasteiger partial charge in [0.05, 0.1) is 30.3 Å². The molecule has 0 aliphatic carbocycles. The Balaban J connectivity index is 1.54. The van der Waals surface area contributed by atoms with Crippen LogP contribution in [0.4, 0.5) is 13.2 Å². The zero-order valence-corrected chi connectivity index (χ0v) is 21.7. The van der Waals surface area contributed by atoms with Crippen LogP contribution in [0.25, 0.3) is 22.7 Å². The number of nitrogens with zero attached hydrogens (tertiary/aromatic N) is 5. The lowest BCUT2D eigenvalue weighted by Crippen LogP contribution is -2.52. The quantitative estimate of drug-likeness (QED) is 0.272. The van der Waals surface area contributed by atoms with E-state index in [2.05, 4.69) is 25.4 Å². The smallest absolute Gasteiger partial charge is 0.272 e. The highest BCUT2D eigenvalue weighted by atomic mass is 32.2. The van der Waals surface area contributed by atoms with Gasteiger partial charge >= 0.3 is 0 Å². The lowest BCUT2D eigenvalue weighted by Gasteiger charge is -2.37. The monoisotopic (exact) mass is 551 g/mol. The molecule has 38 heavy (non-hydrogen) atoms. The fourth-order valence-corrected chi connectivity index (χ4v) is 5.41. The Bertz CT molecular complexity index is 1260. The zero-order chi connectivity index (χ0) is 27.3. The van der Waals surface area contributed by atoms with E-state index in [9.17, 15) is 13.3 Å². The van der Waals surface area contributed by atoms with E-state index in [1.807, 2.05) is 7.05 Å². The van der Waals surface area contributed by atoms with Crippen LogP contribution < -0.4 is 15.8 Å². The van der Waals surface area contributed by atoms with Crippen LogP contribution in [0, 0.1) is 5.82 Å². The zero-order valence-electron chi connectivity index (χ0n) is 20.9. The highest BCUT2D eigenvalue weighted by molar-refractivity contribution is 7.89. The number of ether oxygens (including phenoxy) is 1. The molecule has 1 aliphatic rings. The first-order valence-electron chi connectivity index (χ1n) is 11.9. The second-order valence-corrected chi connectivity index (χ2v) is 10.2. The lowest BCUT2D eigenvalue weighted by molar-refractivity contribution is 0.0794. The van der Waals surface area contributed by atoms with Gasteiger partial charge < -0.3 is 24.9 Å². The van der Waals surface area contributed by atoms with E-state index in [0.717, 1.165) is 19.4 Å². The lowest BCUT2D eigenvalue weighted by atomic mass is 9.92. The number of aromatic nitrogens is 3. The number of nitrogens with two attached hydrogens (primary N) is 1. The Morgan fingerprint density at radius 2 is 2.05 bits per heavy atom. The van der Waals surface area contributed by atoms with Gasteiger partial charge in [-0.3, -0.25) is 0 Å². The van der Waals surface area contributed by atoms with E-state index in [1.165, 1.54) is 24.5 Å². The summed E-state index contributed by atoms with van der Waals surface area (Å²) in [6, 6.07) is 5.97. The topological polar surface area (TPSA) is 138 Å². The normalized spacial score (nSPS) is 19.6. The molecular formula is C24H28F3N7O3S. The fourth-order valence-electron chi connectivity index (χ4n) is 3.97. The summed E-state index contributed by atoms with van der Waals surface area (Å²) in [5.41, 5.74) is 6.41. The third-order valence-corrected chi connectivity index (χ3v) is 7.56. The average molecular weight is 552 g/mol. The fraction of sp³-hybridized carbons (Fsp3) is 0.417. The number of unbranched alkanes of at least 4 members (excludes halogenated alkanes) is 1. The molecule has 0 fully saturated rings. The van der Waals surface area contributed by atoms with Crippen molar-refractivity contribution in [3.8, 4) is 28.6 Å². The third kappa shape index (κ3) is 6.37. The second kappa shape index (κ2) is 12.0. The summed E-state index contributed by atoms with van der Waals surface area (Å²) in [6.45, 7) is 2.23. The Labute approximate surface area is 220 Å². The number of nitrogens with one attached hydrogen (secondary N) is 1. The molecule has 0 saturated carbocycles. The molecular weight excluding hydrogens is 523 g/mol. The van der Waals surface area contributed by atoms with Gasteiger partial charge in [0.15, 0.2) is 18.1 Å². The first-order valence-corrected chi connectivity index (χ1v) is 13.1. The molecule has 0 radical (unpaired) electrons. The van der Waals surface area contributed by atoms with Crippen molar-refractivity contribution in [3.05, 3.63) is 48.0 Å². The van der Waals surface area contributed by atoms with Crippen molar-refractivity contribution in [2.75, 3.05) is 32.5 Å². The third-order valence-electron chi connectivity index (χ3n) is 5.89. The number of alkyl halides is 2. The van der Waals surface area contributed by atoms with E-state index in [-0.39, 0.29) is 23.2 Å². The largest absolute Gasteiger partial charge is 0.593 e. The highest BCUT2D eigenvalue weighted by Crippen LogP contribution is 2.36.